The Bertz CT molecular complexity index is 1410. The molecule has 5 N–H and O–H groups in total. The Morgan fingerprint density at radius 1 is 1.03 bits per heavy atom. The van der Waals surface area contributed by atoms with Crippen molar-refractivity contribution in [3.8, 4) is 0 Å². The smallest absolute Gasteiger partial charge is 0.220 e. The number of hydrogen-bond acceptors (Lipinski definition) is 6. The van der Waals surface area contributed by atoms with E-state index in [0.29, 0.717) is 38.2 Å². The monoisotopic (exact) mass is 514 g/mol. The number of anilines is 1. The standard InChI is InChI=1S/C30H38N6O2/c1-3-5-10-26-35-27-28(24-8-6-7-9-25(24)34-29(27)31)36(26)19-21-13-11-20(12-14-21)17-33-18-23(37)16-15-22(4-2)30(32)38/h6-9,11-14,22,33H,3-5,10,15-19H2,1-2H3,(H2,31,34)(H2,32,38)/t22-/m0/s1. The summed E-state index contributed by atoms with van der Waals surface area (Å²) in [4.78, 5) is 33.1. The van der Waals surface area contributed by atoms with Gasteiger partial charge in [-0.25, -0.2) is 9.97 Å². The number of pyridine rings is 1. The third-order valence-corrected chi connectivity index (χ3v) is 7.13. The predicted molar refractivity (Wildman–Crippen MR) is 153 cm³/mol. The van der Waals surface area contributed by atoms with Gasteiger partial charge in [0, 0.05) is 37.2 Å². The molecule has 0 unspecified atom stereocenters. The van der Waals surface area contributed by atoms with Gasteiger partial charge in [0.25, 0.3) is 0 Å². The van der Waals surface area contributed by atoms with Crippen LogP contribution in [0.15, 0.2) is 48.5 Å². The summed E-state index contributed by atoms with van der Waals surface area (Å²) in [5, 5.41) is 4.27. The van der Waals surface area contributed by atoms with Gasteiger partial charge in [-0.1, -0.05) is 62.7 Å². The molecule has 4 rings (SSSR count). The first-order chi connectivity index (χ1) is 18.4. The summed E-state index contributed by atoms with van der Waals surface area (Å²) in [6.45, 7) is 5.66. The van der Waals surface area contributed by atoms with Crippen LogP contribution in [-0.4, -0.2) is 32.8 Å². The molecule has 2 heterocycles. The molecule has 0 spiro atoms. The number of rotatable bonds is 14. The van der Waals surface area contributed by atoms with E-state index in [2.05, 4.69) is 52.1 Å². The molecular weight excluding hydrogens is 476 g/mol. The number of hydrogen-bond donors (Lipinski definition) is 3. The minimum Gasteiger partial charge on any atom is -0.382 e. The minimum absolute atomic E-state index is 0.0916. The Kier molecular flexibility index (Phi) is 9.07. The summed E-state index contributed by atoms with van der Waals surface area (Å²) in [5.41, 5.74) is 16.6. The number of carbonyl (C=O) groups excluding carboxylic acids is 2. The average Bonchev–Trinajstić information content (AvgIpc) is 3.27. The number of Topliss-reactive ketones (excluding diaryl/α,β-unsaturated/α-hetero) is 1. The van der Waals surface area contributed by atoms with Crippen LogP contribution in [0.3, 0.4) is 0 Å². The lowest BCUT2D eigenvalue weighted by atomic mass is 9.98. The number of imidazole rings is 1. The first-order valence-electron chi connectivity index (χ1n) is 13.5. The molecule has 0 aliphatic carbocycles. The van der Waals surface area contributed by atoms with E-state index in [4.69, 9.17) is 16.5 Å². The third kappa shape index (κ3) is 6.37. The number of nitrogens with two attached hydrogens (primary N) is 2. The molecule has 8 heteroatoms. The highest BCUT2D eigenvalue weighted by atomic mass is 16.1. The lowest BCUT2D eigenvalue weighted by molar-refractivity contribution is -0.122. The Morgan fingerprint density at radius 3 is 2.47 bits per heavy atom. The van der Waals surface area contributed by atoms with E-state index >= 15 is 0 Å². The van der Waals surface area contributed by atoms with Gasteiger partial charge in [-0.05, 0) is 36.5 Å². The van der Waals surface area contributed by atoms with Crippen LogP contribution in [0.5, 0.6) is 0 Å². The number of nitrogens with one attached hydrogen (secondary N) is 1. The van der Waals surface area contributed by atoms with E-state index in [1.54, 1.807) is 0 Å². The Balaban J connectivity index is 1.45. The molecule has 1 amide bonds. The number of nitrogens with zero attached hydrogens (tertiary/aromatic N) is 3. The summed E-state index contributed by atoms with van der Waals surface area (Å²) < 4.78 is 2.28. The second-order valence-corrected chi connectivity index (χ2v) is 9.93. The number of aryl methyl sites for hydroxylation is 1. The number of nitrogen functional groups attached to an aromatic ring is 1. The molecule has 8 nitrogen and oxygen atoms in total. The van der Waals surface area contributed by atoms with Gasteiger partial charge in [0.2, 0.25) is 5.91 Å². The number of benzene rings is 2. The van der Waals surface area contributed by atoms with Gasteiger partial charge < -0.3 is 21.4 Å². The Morgan fingerprint density at radius 2 is 1.76 bits per heavy atom. The maximum atomic E-state index is 12.2. The molecule has 0 saturated heterocycles. The fraction of sp³-hybridized carbons (Fsp3) is 0.400. The molecule has 0 bridgehead atoms. The van der Waals surface area contributed by atoms with Gasteiger partial charge in [0.1, 0.15) is 17.1 Å². The zero-order valence-corrected chi connectivity index (χ0v) is 22.4. The number of aromatic nitrogens is 3. The average molecular weight is 515 g/mol. The highest BCUT2D eigenvalue weighted by molar-refractivity contribution is 6.06. The van der Waals surface area contributed by atoms with E-state index in [-0.39, 0.29) is 24.2 Å². The quantitative estimate of drug-likeness (QED) is 0.227. The molecule has 2 aromatic heterocycles. The first-order valence-corrected chi connectivity index (χ1v) is 13.5. The number of para-hydroxylation sites is 1. The molecule has 2 aromatic carbocycles. The largest absolute Gasteiger partial charge is 0.382 e. The van der Waals surface area contributed by atoms with Crippen LogP contribution in [0.25, 0.3) is 21.9 Å². The Labute approximate surface area is 223 Å². The molecule has 1 atom stereocenters. The lowest BCUT2D eigenvalue weighted by Crippen LogP contribution is -2.26. The predicted octanol–water partition coefficient (Wildman–Crippen LogP) is 4.51. The van der Waals surface area contributed by atoms with Crippen LogP contribution >= 0.6 is 0 Å². The Hall–Kier alpha value is -3.78. The number of fused-ring (bicyclic) bond motifs is 3. The molecule has 0 aliphatic heterocycles. The molecular formula is C30H38N6O2. The van der Waals surface area contributed by atoms with Crippen LogP contribution in [-0.2, 0) is 29.1 Å². The molecule has 0 fully saturated rings. The summed E-state index contributed by atoms with van der Waals surface area (Å²) in [6.07, 6.45) is 4.57. The van der Waals surface area contributed by atoms with Crippen LogP contribution in [0.2, 0.25) is 0 Å². The van der Waals surface area contributed by atoms with Crippen molar-refractivity contribution < 1.29 is 9.59 Å². The van der Waals surface area contributed by atoms with Gasteiger partial charge in [-0.15, -0.1) is 0 Å². The molecule has 0 saturated carbocycles. The van der Waals surface area contributed by atoms with Gasteiger partial charge in [-0.2, -0.15) is 0 Å². The maximum absolute atomic E-state index is 12.2. The second kappa shape index (κ2) is 12.6. The van der Waals surface area contributed by atoms with Gasteiger partial charge in [0.15, 0.2) is 5.82 Å². The number of unbranched alkanes of at least 4 members (excludes halogenated alkanes) is 1. The van der Waals surface area contributed by atoms with E-state index in [1.807, 2.05) is 25.1 Å². The summed E-state index contributed by atoms with van der Waals surface area (Å²) in [6, 6.07) is 16.5. The topological polar surface area (TPSA) is 129 Å². The van der Waals surface area contributed by atoms with Crippen LogP contribution in [0.4, 0.5) is 5.82 Å². The van der Waals surface area contributed by atoms with Crippen LogP contribution < -0.4 is 16.8 Å². The molecule has 0 radical (unpaired) electrons. The number of primary amides is 1. The maximum Gasteiger partial charge on any atom is 0.220 e. The molecule has 38 heavy (non-hydrogen) atoms. The lowest BCUT2D eigenvalue weighted by Gasteiger charge is -2.12. The van der Waals surface area contributed by atoms with Crippen molar-refractivity contribution in [2.24, 2.45) is 11.7 Å². The van der Waals surface area contributed by atoms with E-state index in [0.717, 1.165) is 52.6 Å². The van der Waals surface area contributed by atoms with Crippen molar-refractivity contribution in [1.82, 2.24) is 19.9 Å². The van der Waals surface area contributed by atoms with Crippen LogP contribution in [0.1, 0.15) is 62.9 Å². The van der Waals surface area contributed by atoms with Crippen molar-refractivity contribution in [3.05, 3.63) is 65.5 Å². The van der Waals surface area contributed by atoms with Crippen molar-refractivity contribution in [3.63, 3.8) is 0 Å². The van der Waals surface area contributed by atoms with E-state index in [9.17, 15) is 9.59 Å². The van der Waals surface area contributed by atoms with Crippen molar-refractivity contribution in [1.29, 1.82) is 0 Å². The fourth-order valence-electron chi connectivity index (χ4n) is 4.86. The van der Waals surface area contributed by atoms with Crippen molar-refractivity contribution in [2.45, 2.75) is 65.5 Å². The fourth-order valence-corrected chi connectivity index (χ4v) is 4.86. The molecule has 4 aromatic rings. The summed E-state index contributed by atoms with van der Waals surface area (Å²) in [7, 11) is 0. The minimum atomic E-state index is -0.331. The first kappa shape index (κ1) is 27.3. The molecule has 200 valence electrons. The summed E-state index contributed by atoms with van der Waals surface area (Å²) >= 11 is 0. The number of carbonyl (C=O) groups is 2. The highest BCUT2D eigenvalue weighted by Crippen LogP contribution is 2.30. The third-order valence-electron chi connectivity index (χ3n) is 7.13. The number of amides is 1. The summed E-state index contributed by atoms with van der Waals surface area (Å²) in [5.74, 6) is 1.02. The van der Waals surface area contributed by atoms with Crippen LogP contribution in [0, 0.1) is 5.92 Å². The van der Waals surface area contributed by atoms with E-state index in [1.165, 1.54) is 5.56 Å². The SMILES string of the molecule is CCCCc1nc2c(N)nc3ccccc3c2n1Cc1ccc(CNCC(=O)CC[C@H](CC)C(N)=O)cc1. The molecule has 0 aliphatic rings. The zero-order valence-electron chi connectivity index (χ0n) is 22.4. The van der Waals surface area contributed by atoms with Gasteiger partial charge in [0.05, 0.1) is 17.6 Å². The van der Waals surface area contributed by atoms with Gasteiger partial charge in [-0.3, -0.25) is 9.59 Å². The van der Waals surface area contributed by atoms with Gasteiger partial charge >= 0.3 is 0 Å². The second-order valence-electron chi connectivity index (χ2n) is 9.93. The number of ketones is 1. The zero-order chi connectivity index (χ0) is 27.1. The van der Waals surface area contributed by atoms with Crippen molar-refractivity contribution >= 4 is 39.4 Å². The van der Waals surface area contributed by atoms with E-state index < -0.39 is 0 Å². The highest BCUT2D eigenvalue weighted by Gasteiger charge is 2.18. The van der Waals surface area contributed by atoms with Crippen molar-refractivity contribution in [2.75, 3.05) is 12.3 Å². The normalized spacial score (nSPS) is 12.3.